The van der Waals surface area contributed by atoms with Gasteiger partial charge in [0.2, 0.25) is 0 Å². The monoisotopic (exact) mass is 284 g/mol. The van der Waals surface area contributed by atoms with Gasteiger partial charge in [0.05, 0.1) is 5.41 Å². The first-order valence-electron chi connectivity index (χ1n) is 5.42. The van der Waals surface area contributed by atoms with Crippen molar-refractivity contribution in [2.75, 3.05) is 0 Å². The molecule has 0 bridgehead atoms. The summed E-state index contributed by atoms with van der Waals surface area (Å²) in [5, 5.41) is 9.14. The van der Waals surface area contributed by atoms with Crippen LogP contribution in [0.1, 0.15) is 38.3 Å². The van der Waals surface area contributed by atoms with E-state index >= 15 is 0 Å². The molecule has 1 aromatic carbocycles. The molecule has 0 aliphatic carbocycles. The lowest BCUT2D eigenvalue weighted by atomic mass is 9.84. The van der Waals surface area contributed by atoms with E-state index in [1.807, 2.05) is 18.2 Å². The van der Waals surface area contributed by atoms with Crippen LogP contribution in [0, 0.1) is 0 Å². The zero-order valence-electron chi connectivity index (χ0n) is 9.88. The van der Waals surface area contributed by atoms with E-state index in [1.54, 1.807) is 13.8 Å². The van der Waals surface area contributed by atoms with E-state index in [0.29, 0.717) is 0 Å². The van der Waals surface area contributed by atoms with Crippen molar-refractivity contribution in [1.29, 1.82) is 0 Å². The third kappa shape index (κ3) is 2.64. The highest BCUT2D eigenvalue weighted by Gasteiger charge is 2.29. The van der Waals surface area contributed by atoms with Gasteiger partial charge in [-0.05, 0) is 37.5 Å². The molecule has 16 heavy (non-hydrogen) atoms. The smallest absolute Gasteiger partial charge is 0.313 e. The van der Waals surface area contributed by atoms with E-state index in [0.717, 1.165) is 22.9 Å². The Morgan fingerprint density at radius 3 is 2.50 bits per heavy atom. The third-order valence-corrected chi connectivity index (χ3v) is 3.57. The van der Waals surface area contributed by atoms with Crippen LogP contribution in [-0.2, 0) is 16.6 Å². The van der Waals surface area contributed by atoms with Gasteiger partial charge in [-0.25, -0.2) is 0 Å². The Morgan fingerprint density at radius 2 is 2.06 bits per heavy atom. The minimum atomic E-state index is -0.840. The molecular formula is C13H17BrO2. The lowest BCUT2D eigenvalue weighted by Gasteiger charge is -2.20. The highest BCUT2D eigenvalue weighted by Crippen LogP contribution is 2.28. The van der Waals surface area contributed by atoms with Crippen LogP contribution in [0.25, 0.3) is 0 Å². The van der Waals surface area contributed by atoms with Gasteiger partial charge in [0.1, 0.15) is 0 Å². The summed E-state index contributed by atoms with van der Waals surface area (Å²) in [7, 11) is 0. The number of aliphatic carboxylic acids is 1. The number of carboxylic acid groups (broad SMARTS) is 1. The van der Waals surface area contributed by atoms with Gasteiger partial charge < -0.3 is 5.11 Å². The van der Waals surface area contributed by atoms with Crippen molar-refractivity contribution in [1.82, 2.24) is 0 Å². The summed E-state index contributed by atoms with van der Waals surface area (Å²) < 4.78 is 1.00. The summed E-state index contributed by atoms with van der Waals surface area (Å²) in [4.78, 5) is 11.1. The first-order valence-corrected chi connectivity index (χ1v) is 6.21. The van der Waals surface area contributed by atoms with Crippen LogP contribution in [0.5, 0.6) is 0 Å². The number of hydrogen-bond acceptors (Lipinski definition) is 1. The van der Waals surface area contributed by atoms with Crippen molar-refractivity contribution in [3.05, 3.63) is 33.8 Å². The number of carboxylic acids is 1. The molecule has 0 heterocycles. The highest BCUT2D eigenvalue weighted by atomic mass is 79.9. The van der Waals surface area contributed by atoms with E-state index in [2.05, 4.69) is 22.9 Å². The van der Waals surface area contributed by atoms with Crippen molar-refractivity contribution >= 4 is 21.9 Å². The number of benzene rings is 1. The largest absolute Gasteiger partial charge is 0.481 e. The molecule has 0 fully saturated rings. The molecule has 1 rings (SSSR count). The van der Waals surface area contributed by atoms with E-state index < -0.39 is 11.4 Å². The SMILES string of the molecule is CCCc1ccc(C(C)(C)C(=O)O)cc1Br. The van der Waals surface area contributed by atoms with Gasteiger partial charge in [-0.3, -0.25) is 4.79 Å². The molecular weight excluding hydrogens is 268 g/mol. The van der Waals surface area contributed by atoms with Crippen LogP contribution in [0.2, 0.25) is 0 Å². The molecule has 0 atom stereocenters. The van der Waals surface area contributed by atoms with Crippen molar-refractivity contribution < 1.29 is 9.90 Å². The zero-order chi connectivity index (χ0) is 12.3. The summed E-state index contributed by atoms with van der Waals surface area (Å²) in [6.45, 7) is 5.56. The molecule has 2 nitrogen and oxygen atoms in total. The fraction of sp³-hybridized carbons (Fsp3) is 0.462. The molecule has 0 unspecified atom stereocenters. The Bertz CT molecular complexity index is 397. The van der Waals surface area contributed by atoms with Gasteiger partial charge in [0, 0.05) is 4.47 Å². The minimum absolute atomic E-state index is 0.803. The van der Waals surface area contributed by atoms with Crippen LogP contribution in [0.15, 0.2) is 22.7 Å². The van der Waals surface area contributed by atoms with Crippen molar-refractivity contribution in [2.24, 2.45) is 0 Å². The van der Waals surface area contributed by atoms with Gasteiger partial charge in [0.25, 0.3) is 0 Å². The normalized spacial score (nSPS) is 11.5. The van der Waals surface area contributed by atoms with Gasteiger partial charge in [0.15, 0.2) is 0 Å². The average Bonchev–Trinajstić information content (AvgIpc) is 2.21. The highest BCUT2D eigenvalue weighted by molar-refractivity contribution is 9.10. The Hall–Kier alpha value is -0.830. The maximum atomic E-state index is 11.1. The second-order valence-corrected chi connectivity index (χ2v) is 5.34. The maximum absolute atomic E-state index is 11.1. The van der Waals surface area contributed by atoms with Crippen molar-refractivity contribution in [2.45, 2.75) is 39.0 Å². The summed E-state index contributed by atoms with van der Waals surface area (Å²) in [6, 6.07) is 5.83. The minimum Gasteiger partial charge on any atom is -0.481 e. The number of hydrogen-bond donors (Lipinski definition) is 1. The van der Waals surface area contributed by atoms with Crippen molar-refractivity contribution in [3.63, 3.8) is 0 Å². The van der Waals surface area contributed by atoms with E-state index in [-0.39, 0.29) is 0 Å². The summed E-state index contributed by atoms with van der Waals surface area (Å²) in [5.41, 5.74) is 1.21. The number of aryl methyl sites for hydroxylation is 1. The first-order chi connectivity index (χ1) is 7.39. The summed E-state index contributed by atoms with van der Waals surface area (Å²) >= 11 is 3.50. The first kappa shape index (κ1) is 13.2. The van der Waals surface area contributed by atoms with Crippen LogP contribution in [0.3, 0.4) is 0 Å². The molecule has 0 amide bonds. The fourth-order valence-electron chi connectivity index (χ4n) is 1.53. The fourth-order valence-corrected chi connectivity index (χ4v) is 2.11. The van der Waals surface area contributed by atoms with Crippen LogP contribution >= 0.6 is 15.9 Å². The van der Waals surface area contributed by atoms with E-state index in [1.165, 1.54) is 5.56 Å². The Labute approximate surface area is 105 Å². The van der Waals surface area contributed by atoms with Gasteiger partial charge in [-0.15, -0.1) is 0 Å². The van der Waals surface area contributed by atoms with Crippen molar-refractivity contribution in [3.8, 4) is 0 Å². The quantitative estimate of drug-likeness (QED) is 0.914. The topological polar surface area (TPSA) is 37.3 Å². The van der Waals surface area contributed by atoms with E-state index in [4.69, 9.17) is 5.11 Å². The molecule has 88 valence electrons. The number of halogens is 1. The molecule has 0 aromatic heterocycles. The van der Waals surface area contributed by atoms with Gasteiger partial charge in [-0.2, -0.15) is 0 Å². The van der Waals surface area contributed by atoms with Gasteiger partial charge in [-0.1, -0.05) is 41.4 Å². The second-order valence-electron chi connectivity index (χ2n) is 4.49. The molecule has 0 saturated heterocycles. The summed E-state index contributed by atoms with van der Waals surface area (Å²) in [5.74, 6) is -0.803. The zero-order valence-corrected chi connectivity index (χ0v) is 11.5. The molecule has 0 saturated carbocycles. The van der Waals surface area contributed by atoms with Crippen LogP contribution in [-0.4, -0.2) is 11.1 Å². The Balaban J connectivity index is 3.10. The molecule has 0 aliphatic heterocycles. The predicted molar refractivity (Wildman–Crippen MR) is 68.8 cm³/mol. The molecule has 1 N–H and O–H groups in total. The standard InChI is InChI=1S/C13H17BrO2/c1-4-5-9-6-7-10(8-11(9)14)13(2,3)12(15)16/h6-8H,4-5H2,1-3H3,(H,15,16). The Kier molecular flexibility index (Phi) is 4.14. The number of carbonyl (C=O) groups is 1. The lowest BCUT2D eigenvalue weighted by molar-refractivity contribution is -0.142. The molecule has 0 spiro atoms. The lowest BCUT2D eigenvalue weighted by Crippen LogP contribution is -2.28. The third-order valence-electron chi connectivity index (χ3n) is 2.83. The predicted octanol–water partition coefficient (Wildman–Crippen LogP) is 3.76. The molecule has 3 heteroatoms. The molecule has 0 aliphatic rings. The summed E-state index contributed by atoms with van der Waals surface area (Å²) in [6.07, 6.45) is 2.09. The van der Waals surface area contributed by atoms with Crippen LogP contribution < -0.4 is 0 Å². The number of rotatable bonds is 4. The Morgan fingerprint density at radius 1 is 1.44 bits per heavy atom. The van der Waals surface area contributed by atoms with Gasteiger partial charge >= 0.3 is 5.97 Å². The second kappa shape index (κ2) is 5.00. The van der Waals surface area contributed by atoms with E-state index in [9.17, 15) is 4.79 Å². The average molecular weight is 285 g/mol. The molecule has 1 aromatic rings. The maximum Gasteiger partial charge on any atom is 0.313 e. The molecule has 0 radical (unpaired) electrons. The van der Waals surface area contributed by atoms with Crippen LogP contribution in [0.4, 0.5) is 0 Å².